The van der Waals surface area contributed by atoms with Gasteiger partial charge < -0.3 is 15.7 Å². The number of aryl methyl sites for hydroxylation is 1. The second-order valence-corrected chi connectivity index (χ2v) is 6.75. The van der Waals surface area contributed by atoms with Gasteiger partial charge in [0.1, 0.15) is 0 Å². The first-order valence-corrected chi connectivity index (χ1v) is 9.71. The number of pyridine rings is 1. The minimum atomic E-state index is -0.792. The van der Waals surface area contributed by atoms with E-state index in [4.69, 9.17) is 5.11 Å². The van der Waals surface area contributed by atoms with Crippen LogP contribution in [-0.2, 0) is 11.2 Å². The molecule has 0 aliphatic heterocycles. The molecule has 28 heavy (non-hydrogen) atoms. The number of carboxylic acid groups (broad SMARTS) is 1. The van der Waals surface area contributed by atoms with E-state index in [1.165, 1.54) is 5.56 Å². The van der Waals surface area contributed by atoms with Gasteiger partial charge in [-0.2, -0.15) is 0 Å². The Kier molecular flexibility index (Phi) is 11.3. The normalized spacial score (nSPS) is 11.1. The Hall–Kier alpha value is -2.66. The topological polar surface area (TPSA) is 74.2 Å². The molecule has 0 aliphatic rings. The Balaban J connectivity index is 0.00000122. The van der Waals surface area contributed by atoms with Gasteiger partial charge in [-0.05, 0) is 56.0 Å². The van der Waals surface area contributed by atoms with Crippen molar-refractivity contribution in [2.75, 3.05) is 25.0 Å². The van der Waals surface area contributed by atoms with Crippen LogP contribution in [0.1, 0.15) is 43.0 Å². The molecule has 0 radical (unpaired) electrons. The quantitative estimate of drug-likeness (QED) is 0.419. The van der Waals surface area contributed by atoms with Crippen molar-refractivity contribution in [2.45, 2.75) is 39.5 Å². The fraction of sp³-hybridized carbons (Fsp3) is 0.391. The van der Waals surface area contributed by atoms with Crippen LogP contribution in [0.4, 0.5) is 5.69 Å². The minimum absolute atomic E-state index is 0.0768. The summed E-state index contributed by atoms with van der Waals surface area (Å²) in [6.07, 6.45) is 4.66. The van der Waals surface area contributed by atoms with E-state index in [0.29, 0.717) is 5.92 Å². The monoisotopic (exact) mass is 383 g/mol. The number of aliphatic carboxylic acids is 1. The lowest BCUT2D eigenvalue weighted by Crippen LogP contribution is -2.23. The van der Waals surface area contributed by atoms with Crippen molar-refractivity contribution in [3.63, 3.8) is 0 Å². The van der Waals surface area contributed by atoms with E-state index in [0.717, 1.165) is 43.0 Å². The number of hydrogen-bond acceptors (Lipinski definition) is 4. The molecule has 1 aromatic heterocycles. The number of benzene rings is 1. The van der Waals surface area contributed by atoms with Gasteiger partial charge in [0.05, 0.1) is 17.8 Å². The number of carboxylic acids is 1. The maximum Gasteiger partial charge on any atom is 0.307 e. The minimum Gasteiger partial charge on any atom is -0.481 e. The molecule has 0 amide bonds. The average molecular weight is 384 g/mol. The molecule has 0 aliphatic carbocycles. The zero-order valence-electron chi connectivity index (χ0n) is 17.2. The maximum absolute atomic E-state index is 10.8. The number of nitrogens with one attached hydrogen (secondary N) is 2. The van der Waals surface area contributed by atoms with E-state index in [1.54, 1.807) is 12.3 Å². The summed E-state index contributed by atoms with van der Waals surface area (Å²) < 4.78 is 0. The number of anilines is 1. The number of hydrogen-bond donors (Lipinski definition) is 3. The van der Waals surface area contributed by atoms with Crippen LogP contribution in [0.3, 0.4) is 0 Å². The lowest BCUT2D eigenvalue weighted by Gasteiger charge is -2.14. The van der Waals surface area contributed by atoms with E-state index in [1.807, 2.05) is 44.2 Å². The number of nitrogens with zero attached hydrogens (tertiary/aromatic N) is 1. The van der Waals surface area contributed by atoms with Crippen molar-refractivity contribution in [1.82, 2.24) is 10.3 Å². The van der Waals surface area contributed by atoms with Crippen LogP contribution in [-0.4, -0.2) is 35.7 Å². The van der Waals surface area contributed by atoms with Crippen molar-refractivity contribution in [2.24, 2.45) is 0 Å². The molecule has 1 atom stereocenters. The first-order chi connectivity index (χ1) is 13.5. The van der Waals surface area contributed by atoms with E-state index >= 15 is 0 Å². The fourth-order valence-electron chi connectivity index (χ4n) is 2.73. The van der Waals surface area contributed by atoms with Gasteiger partial charge in [0.15, 0.2) is 0 Å². The molecular weight excluding hydrogens is 350 g/mol. The first-order valence-electron chi connectivity index (χ1n) is 9.71. The molecule has 2 rings (SSSR count). The standard InChI is InChI=1S/C20H27N3O2.C3H6/c1-15(18-7-3-6-17(12-18)13-20(24)25)14-21-9-5-11-23-19-8-4-10-22-16(19)2;1-3-2/h3-4,6-8,10,12,15,21,23H,5,9,11,13-14H2,1-2H3,(H,24,25);3H,1H2,2H3. The van der Waals surface area contributed by atoms with Crippen LogP contribution in [0, 0.1) is 6.92 Å². The molecule has 0 fully saturated rings. The van der Waals surface area contributed by atoms with Crippen molar-refractivity contribution in [1.29, 1.82) is 0 Å². The highest BCUT2D eigenvalue weighted by atomic mass is 16.4. The highest BCUT2D eigenvalue weighted by molar-refractivity contribution is 5.70. The van der Waals surface area contributed by atoms with E-state index < -0.39 is 5.97 Å². The van der Waals surface area contributed by atoms with Crippen LogP contribution < -0.4 is 10.6 Å². The maximum atomic E-state index is 10.8. The average Bonchev–Trinajstić information content (AvgIpc) is 2.66. The van der Waals surface area contributed by atoms with Gasteiger partial charge >= 0.3 is 5.97 Å². The highest BCUT2D eigenvalue weighted by Gasteiger charge is 2.07. The predicted octanol–water partition coefficient (Wildman–Crippen LogP) is 4.40. The fourth-order valence-corrected chi connectivity index (χ4v) is 2.73. The van der Waals surface area contributed by atoms with Crippen LogP contribution in [0.15, 0.2) is 55.3 Å². The summed E-state index contributed by atoms with van der Waals surface area (Å²) in [5.41, 5.74) is 4.14. The molecule has 1 heterocycles. The van der Waals surface area contributed by atoms with Gasteiger partial charge in [0.25, 0.3) is 0 Å². The Morgan fingerprint density at radius 3 is 2.71 bits per heavy atom. The Morgan fingerprint density at radius 2 is 2.04 bits per heavy atom. The van der Waals surface area contributed by atoms with E-state index in [9.17, 15) is 4.79 Å². The summed E-state index contributed by atoms with van der Waals surface area (Å²) >= 11 is 0. The van der Waals surface area contributed by atoms with Gasteiger partial charge in [0, 0.05) is 19.3 Å². The zero-order valence-corrected chi connectivity index (χ0v) is 17.2. The molecule has 152 valence electrons. The summed E-state index contributed by atoms with van der Waals surface area (Å²) in [7, 11) is 0. The molecule has 5 nitrogen and oxygen atoms in total. The molecule has 5 heteroatoms. The van der Waals surface area contributed by atoms with Gasteiger partial charge in [0.2, 0.25) is 0 Å². The third-order valence-corrected chi connectivity index (χ3v) is 4.18. The summed E-state index contributed by atoms with van der Waals surface area (Å²) in [5.74, 6) is -0.443. The zero-order chi connectivity index (χ0) is 20.8. The van der Waals surface area contributed by atoms with Gasteiger partial charge in [-0.3, -0.25) is 9.78 Å². The largest absolute Gasteiger partial charge is 0.481 e. The molecule has 0 saturated carbocycles. The van der Waals surface area contributed by atoms with Crippen LogP contribution in [0.25, 0.3) is 0 Å². The lowest BCUT2D eigenvalue weighted by atomic mass is 9.98. The van der Waals surface area contributed by atoms with Crippen LogP contribution in [0.5, 0.6) is 0 Å². The molecule has 3 N–H and O–H groups in total. The molecule has 1 unspecified atom stereocenters. The van der Waals surface area contributed by atoms with Crippen molar-refractivity contribution in [3.8, 4) is 0 Å². The lowest BCUT2D eigenvalue weighted by molar-refractivity contribution is -0.136. The van der Waals surface area contributed by atoms with Gasteiger partial charge in [-0.1, -0.05) is 37.3 Å². The number of allylic oxidation sites excluding steroid dienone is 1. The summed E-state index contributed by atoms with van der Waals surface area (Å²) in [5, 5.41) is 15.8. The first kappa shape index (κ1) is 23.4. The van der Waals surface area contributed by atoms with E-state index in [2.05, 4.69) is 35.2 Å². The van der Waals surface area contributed by atoms with Crippen molar-refractivity contribution in [3.05, 3.63) is 72.1 Å². The third-order valence-electron chi connectivity index (χ3n) is 4.18. The van der Waals surface area contributed by atoms with Crippen molar-refractivity contribution >= 4 is 11.7 Å². The molecular formula is C23H33N3O2. The third kappa shape index (κ3) is 9.33. The molecule has 2 aromatic rings. The van der Waals surface area contributed by atoms with Gasteiger partial charge in [-0.25, -0.2) is 0 Å². The second-order valence-electron chi connectivity index (χ2n) is 6.75. The summed E-state index contributed by atoms with van der Waals surface area (Å²) in [4.78, 5) is 15.1. The summed E-state index contributed by atoms with van der Waals surface area (Å²) in [6, 6.07) is 11.8. The molecule has 0 saturated heterocycles. The van der Waals surface area contributed by atoms with Crippen molar-refractivity contribution < 1.29 is 9.90 Å². The highest BCUT2D eigenvalue weighted by Crippen LogP contribution is 2.16. The van der Waals surface area contributed by atoms with Crippen LogP contribution in [0.2, 0.25) is 0 Å². The SMILES string of the molecule is C=CC.Cc1ncccc1NCCCNCC(C)c1cccc(CC(=O)O)c1. The number of carbonyl (C=O) groups is 1. The molecule has 1 aromatic carbocycles. The predicted molar refractivity (Wildman–Crippen MR) is 117 cm³/mol. The Bertz CT molecular complexity index is 731. The Morgan fingerprint density at radius 1 is 1.29 bits per heavy atom. The summed E-state index contributed by atoms with van der Waals surface area (Å²) in [6.45, 7) is 12.1. The molecule has 0 spiro atoms. The molecule has 0 bridgehead atoms. The number of aromatic nitrogens is 1. The Labute approximate surface area is 168 Å². The second kappa shape index (κ2) is 13.5. The van der Waals surface area contributed by atoms with E-state index in [-0.39, 0.29) is 6.42 Å². The number of rotatable bonds is 10. The van der Waals surface area contributed by atoms with Crippen LogP contribution >= 0.6 is 0 Å². The van der Waals surface area contributed by atoms with Gasteiger partial charge in [-0.15, -0.1) is 6.58 Å². The smallest absolute Gasteiger partial charge is 0.307 e.